The molecule has 2 aliphatic rings. The molecule has 1 aliphatic heterocycles. The SMILES string of the molecule is C=C/C(=C\C(=C)Cl)CNC(=O)CN(CC)c1ccccc1C.CC1=CC=CCC=C1.NC1CCN(C=O)C1. The highest BCUT2D eigenvalue weighted by atomic mass is 35.5. The summed E-state index contributed by atoms with van der Waals surface area (Å²) in [5.74, 6) is -0.0435. The van der Waals surface area contributed by atoms with Crippen LogP contribution in [0.5, 0.6) is 0 Å². The number of nitrogens with zero attached hydrogens (tertiary/aromatic N) is 2. The van der Waals surface area contributed by atoms with Gasteiger partial charge in [0, 0.05) is 42.9 Å². The van der Waals surface area contributed by atoms with Crippen molar-refractivity contribution in [3.63, 3.8) is 0 Å². The summed E-state index contributed by atoms with van der Waals surface area (Å²) < 4.78 is 0. The number of likely N-dealkylation sites (N-methyl/N-ethyl adjacent to an activating group) is 1. The van der Waals surface area contributed by atoms with Crippen LogP contribution in [0.2, 0.25) is 0 Å². The second-order valence-corrected chi connectivity index (χ2v) is 9.56. The lowest BCUT2D eigenvalue weighted by atomic mass is 10.2. The molecule has 0 aromatic heterocycles. The largest absolute Gasteiger partial charge is 0.362 e. The Balaban J connectivity index is 0.000000363. The fourth-order valence-corrected chi connectivity index (χ4v) is 3.84. The van der Waals surface area contributed by atoms with Crippen molar-refractivity contribution in [1.82, 2.24) is 10.2 Å². The maximum absolute atomic E-state index is 12.1. The van der Waals surface area contributed by atoms with Crippen molar-refractivity contribution in [3.8, 4) is 0 Å². The first-order chi connectivity index (χ1) is 18.2. The van der Waals surface area contributed by atoms with E-state index in [1.54, 1.807) is 17.1 Å². The molecule has 1 saturated heterocycles. The highest BCUT2D eigenvalue weighted by Gasteiger charge is 2.16. The van der Waals surface area contributed by atoms with Crippen LogP contribution in [0.1, 0.15) is 32.3 Å². The average Bonchev–Trinajstić information content (AvgIpc) is 3.18. The first-order valence-electron chi connectivity index (χ1n) is 12.9. The van der Waals surface area contributed by atoms with Crippen LogP contribution in [0.25, 0.3) is 0 Å². The molecule has 3 rings (SSSR count). The lowest BCUT2D eigenvalue weighted by Gasteiger charge is -2.24. The number of benzene rings is 1. The Labute approximate surface area is 233 Å². The fourth-order valence-electron chi connectivity index (χ4n) is 3.70. The van der Waals surface area contributed by atoms with Gasteiger partial charge < -0.3 is 20.9 Å². The van der Waals surface area contributed by atoms with Crippen LogP contribution in [-0.2, 0) is 9.59 Å². The van der Waals surface area contributed by atoms with E-state index in [4.69, 9.17) is 17.3 Å². The molecule has 1 aromatic carbocycles. The molecule has 2 amide bonds. The van der Waals surface area contributed by atoms with E-state index in [9.17, 15) is 9.59 Å². The smallest absolute Gasteiger partial charge is 0.239 e. The molecule has 1 heterocycles. The van der Waals surface area contributed by atoms with Gasteiger partial charge in [-0.2, -0.15) is 0 Å². The second-order valence-electron chi connectivity index (χ2n) is 9.07. The van der Waals surface area contributed by atoms with Crippen molar-refractivity contribution in [2.24, 2.45) is 5.73 Å². The maximum Gasteiger partial charge on any atom is 0.239 e. The van der Waals surface area contributed by atoms with E-state index in [0.717, 1.165) is 55.7 Å². The minimum Gasteiger partial charge on any atom is -0.362 e. The summed E-state index contributed by atoms with van der Waals surface area (Å²) in [6.45, 7) is 16.5. The Hall–Kier alpha value is -3.35. The van der Waals surface area contributed by atoms with Crippen LogP contribution in [-0.4, -0.2) is 56.0 Å². The molecule has 38 heavy (non-hydrogen) atoms. The minimum absolute atomic E-state index is 0.0435. The molecular weight excluding hydrogens is 496 g/mol. The van der Waals surface area contributed by atoms with Crippen LogP contribution >= 0.6 is 11.6 Å². The number of aryl methyl sites for hydroxylation is 1. The molecule has 0 saturated carbocycles. The van der Waals surface area contributed by atoms with Crippen LogP contribution in [0.3, 0.4) is 0 Å². The van der Waals surface area contributed by atoms with Gasteiger partial charge in [-0.1, -0.05) is 85.0 Å². The standard InChI is InChI=1S/C18H23ClN2O.C8H10.C5H10N2O/c1-5-16(11-15(4)19)12-20-18(22)13-21(6-2)17-10-8-7-9-14(17)3;1-8-6-4-2-3-5-7-8;6-5-1-2-7(3-5)4-8/h5,7-11H,1,4,6,12-13H2,2-3H3,(H,20,22);2,4-7H,3H2,1H3;4-5H,1-3,6H2/b16-11+;;. The van der Waals surface area contributed by atoms with Gasteiger partial charge in [0.2, 0.25) is 12.3 Å². The van der Waals surface area contributed by atoms with Gasteiger partial charge in [-0.15, -0.1) is 0 Å². The van der Waals surface area contributed by atoms with Crippen LogP contribution in [0.15, 0.2) is 96.1 Å². The number of anilines is 1. The Bertz CT molecular complexity index is 1040. The predicted molar refractivity (Wildman–Crippen MR) is 162 cm³/mol. The van der Waals surface area contributed by atoms with Gasteiger partial charge in [-0.05, 0) is 56.9 Å². The maximum atomic E-state index is 12.1. The molecule has 6 nitrogen and oxygen atoms in total. The van der Waals surface area contributed by atoms with Gasteiger partial charge in [0.15, 0.2) is 0 Å². The summed E-state index contributed by atoms with van der Waals surface area (Å²) in [5, 5.41) is 3.29. The molecule has 1 unspecified atom stereocenters. The average molecular weight is 539 g/mol. The zero-order valence-electron chi connectivity index (χ0n) is 23.0. The summed E-state index contributed by atoms with van der Waals surface area (Å²) in [5.41, 5.74) is 9.89. The van der Waals surface area contributed by atoms with Crippen LogP contribution in [0, 0.1) is 6.92 Å². The van der Waals surface area contributed by atoms with Crippen molar-refractivity contribution in [2.75, 3.05) is 37.6 Å². The summed E-state index contributed by atoms with van der Waals surface area (Å²) in [6, 6.07) is 8.26. The van der Waals surface area contributed by atoms with Gasteiger partial charge in [-0.3, -0.25) is 9.59 Å². The number of nitrogens with one attached hydrogen (secondary N) is 1. The molecule has 1 aromatic rings. The predicted octanol–water partition coefficient (Wildman–Crippen LogP) is 5.43. The Morgan fingerprint density at radius 2 is 2.03 bits per heavy atom. The summed E-state index contributed by atoms with van der Waals surface area (Å²) >= 11 is 5.73. The van der Waals surface area contributed by atoms with E-state index < -0.39 is 0 Å². The van der Waals surface area contributed by atoms with Crippen molar-refractivity contribution >= 4 is 29.6 Å². The van der Waals surface area contributed by atoms with Crippen molar-refractivity contribution in [2.45, 2.75) is 39.7 Å². The molecule has 0 bridgehead atoms. The van der Waals surface area contributed by atoms with Crippen LogP contribution in [0.4, 0.5) is 5.69 Å². The van der Waals surface area contributed by atoms with Gasteiger partial charge in [0.05, 0.1) is 6.54 Å². The van der Waals surface area contributed by atoms with Gasteiger partial charge >= 0.3 is 0 Å². The highest BCUT2D eigenvalue weighted by molar-refractivity contribution is 6.30. The lowest BCUT2D eigenvalue weighted by molar-refractivity contribution is -0.119. The zero-order chi connectivity index (χ0) is 28.3. The Morgan fingerprint density at radius 3 is 2.58 bits per heavy atom. The molecule has 1 aliphatic carbocycles. The van der Waals surface area contributed by atoms with Crippen molar-refractivity contribution < 1.29 is 9.59 Å². The number of carbonyl (C=O) groups excluding carboxylic acids is 2. The molecule has 3 N–H and O–H groups in total. The molecule has 7 heteroatoms. The minimum atomic E-state index is -0.0435. The first-order valence-corrected chi connectivity index (χ1v) is 13.3. The number of rotatable bonds is 9. The molecule has 0 spiro atoms. The van der Waals surface area contributed by atoms with Gasteiger partial charge in [0.25, 0.3) is 0 Å². The lowest BCUT2D eigenvalue weighted by Crippen LogP contribution is -2.38. The number of amides is 2. The first kappa shape index (κ1) is 32.7. The quantitative estimate of drug-likeness (QED) is 0.325. The van der Waals surface area contributed by atoms with Crippen molar-refractivity contribution in [1.29, 1.82) is 0 Å². The normalized spacial score (nSPS) is 16.1. The van der Waals surface area contributed by atoms with E-state index in [1.807, 2.05) is 43.0 Å². The zero-order valence-corrected chi connectivity index (χ0v) is 23.8. The number of para-hydroxylation sites is 1. The number of hydrogen-bond donors (Lipinski definition) is 2. The number of allylic oxidation sites excluding steroid dienone is 8. The number of nitrogens with two attached hydrogens (primary N) is 1. The van der Waals surface area contributed by atoms with E-state index in [1.165, 1.54) is 5.57 Å². The van der Waals surface area contributed by atoms with E-state index >= 15 is 0 Å². The topological polar surface area (TPSA) is 78.7 Å². The number of hydrogen-bond acceptors (Lipinski definition) is 4. The second kappa shape index (κ2) is 18.8. The number of halogens is 1. The summed E-state index contributed by atoms with van der Waals surface area (Å²) in [6.07, 6.45) is 16.9. The van der Waals surface area contributed by atoms with Gasteiger partial charge in [0.1, 0.15) is 0 Å². The summed E-state index contributed by atoms with van der Waals surface area (Å²) in [7, 11) is 0. The highest BCUT2D eigenvalue weighted by Crippen LogP contribution is 2.18. The third-order valence-electron chi connectivity index (χ3n) is 5.82. The van der Waals surface area contributed by atoms with E-state index in [2.05, 4.69) is 55.8 Å². The van der Waals surface area contributed by atoms with Crippen molar-refractivity contribution in [3.05, 3.63) is 102 Å². The fraction of sp³-hybridized carbons (Fsp3) is 0.355. The van der Waals surface area contributed by atoms with Gasteiger partial charge in [-0.25, -0.2) is 0 Å². The van der Waals surface area contributed by atoms with E-state index in [-0.39, 0.29) is 11.9 Å². The molecule has 206 valence electrons. The molecule has 1 fully saturated rings. The summed E-state index contributed by atoms with van der Waals surface area (Å²) in [4.78, 5) is 25.9. The van der Waals surface area contributed by atoms with Crippen LogP contribution < -0.4 is 16.0 Å². The number of likely N-dealkylation sites (tertiary alicyclic amines) is 1. The van der Waals surface area contributed by atoms with E-state index in [0.29, 0.717) is 18.1 Å². The number of carbonyl (C=O) groups is 2. The molecule has 1 atom stereocenters. The Morgan fingerprint density at radius 1 is 1.29 bits per heavy atom. The third-order valence-corrected chi connectivity index (χ3v) is 5.93. The molecule has 0 radical (unpaired) electrons. The monoisotopic (exact) mass is 538 g/mol. The third kappa shape index (κ3) is 13.8. The Kier molecular flexibility index (Phi) is 16.2. The molecular formula is C31H43ClN4O2.